The topological polar surface area (TPSA) is 58.2 Å². The normalized spacial score (nSPS) is 11.0. The van der Waals surface area contributed by atoms with Crippen LogP contribution < -0.4 is 10.6 Å². The van der Waals surface area contributed by atoms with Crippen molar-refractivity contribution in [2.45, 2.75) is 11.1 Å². The van der Waals surface area contributed by atoms with Gasteiger partial charge in [0.05, 0.1) is 11.3 Å². The number of thioether (sulfide) groups is 1. The summed E-state index contributed by atoms with van der Waals surface area (Å²) in [6.45, 7) is 0. The van der Waals surface area contributed by atoms with Crippen molar-refractivity contribution in [3.8, 4) is 0 Å². The molecule has 2 rings (SSSR count). The van der Waals surface area contributed by atoms with E-state index in [0.29, 0.717) is 5.69 Å². The maximum Gasteiger partial charge on any atom is 0.418 e. The Morgan fingerprint density at radius 3 is 2.29 bits per heavy atom. The molecule has 0 aliphatic heterocycles. The van der Waals surface area contributed by atoms with Crippen LogP contribution in [0.3, 0.4) is 0 Å². The Labute approximate surface area is 140 Å². The number of para-hydroxylation sites is 1. The molecule has 0 aliphatic rings. The molecule has 0 fully saturated rings. The van der Waals surface area contributed by atoms with Gasteiger partial charge < -0.3 is 10.6 Å². The fraction of sp³-hybridized carbons (Fsp3) is 0.125. The van der Waals surface area contributed by atoms with Crippen LogP contribution in [-0.4, -0.2) is 18.1 Å². The van der Waals surface area contributed by atoms with Gasteiger partial charge in [-0.05, 0) is 36.6 Å². The van der Waals surface area contributed by atoms with E-state index in [4.69, 9.17) is 0 Å². The number of nitrogens with one attached hydrogen (secondary N) is 2. The Morgan fingerprint density at radius 1 is 0.958 bits per heavy atom. The lowest BCUT2D eigenvalue weighted by atomic mass is 10.1. The van der Waals surface area contributed by atoms with Gasteiger partial charge in [-0.15, -0.1) is 11.8 Å². The summed E-state index contributed by atoms with van der Waals surface area (Å²) in [5.41, 5.74) is -1.11. The van der Waals surface area contributed by atoms with Gasteiger partial charge in [0, 0.05) is 10.6 Å². The molecule has 2 amide bonds. The summed E-state index contributed by atoms with van der Waals surface area (Å²) in [5, 5.41) is 4.34. The van der Waals surface area contributed by atoms with Gasteiger partial charge in [0.25, 0.3) is 0 Å². The first-order valence-electron chi connectivity index (χ1n) is 6.74. The molecule has 4 nitrogen and oxygen atoms in total. The van der Waals surface area contributed by atoms with Gasteiger partial charge in [-0.1, -0.05) is 18.2 Å². The van der Waals surface area contributed by atoms with Crippen LogP contribution in [0, 0.1) is 0 Å². The Hall–Kier alpha value is -2.48. The molecule has 0 bridgehead atoms. The predicted octanol–water partition coefficient (Wildman–Crippen LogP) is 4.00. The van der Waals surface area contributed by atoms with Crippen LogP contribution in [-0.2, 0) is 15.8 Å². The zero-order valence-electron chi connectivity index (χ0n) is 12.5. The highest BCUT2D eigenvalue weighted by Gasteiger charge is 2.34. The van der Waals surface area contributed by atoms with Gasteiger partial charge in [0.1, 0.15) is 0 Å². The summed E-state index contributed by atoms with van der Waals surface area (Å²) >= 11 is 1.45. The molecule has 0 saturated carbocycles. The molecule has 0 aliphatic carbocycles. The number of anilines is 2. The predicted molar refractivity (Wildman–Crippen MR) is 86.9 cm³/mol. The molecule has 8 heteroatoms. The highest BCUT2D eigenvalue weighted by Crippen LogP contribution is 2.34. The van der Waals surface area contributed by atoms with Gasteiger partial charge in [0.2, 0.25) is 0 Å². The first kappa shape index (κ1) is 17.9. The Balaban J connectivity index is 2.11. The number of carbonyl (C=O) groups excluding carboxylic acids is 2. The van der Waals surface area contributed by atoms with Gasteiger partial charge in [-0.2, -0.15) is 13.2 Å². The Bertz CT molecular complexity index is 763. The monoisotopic (exact) mass is 354 g/mol. The third-order valence-electron chi connectivity index (χ3n) is 3.01. The summed E-state index contributed by atoms with van der Waals surface area (Å²) in [5.74, 6) is -2.23. The molecule has 24 heavy (non-hydrogen) atoms. The minimum atomic E-state index is -4.63. The fourth-order valence-corrected chi connectivity index (χ4v) is 2.37. The van der Waals surface area contributed by atoms with E-state index < -0.39 is 29.2 Å². The average Bonchev–Trinajstić information content (AvgIpc) is 2.54. The summed E-state index contributed by atoms with van der Waals surface area (Å²) in [4.78, 5) is 24.6. The maximum absolute atomic E-state index is 12.9. The number of hydrogen-bond acceptors (Lipinski definition) is 3. The molecule has 2 aromatic carbocycles. The number of benzene rings is 2. The largest absolute Gasteiger partial charge is 0.418 e. The minimum Gasteiger partial charge on any atom is -0.318 e. The van der Waals surface area contributed by atoms with E-state index in [9.17, 15) is 22.8 Å². The smallest absolute Gasteiger partial charge is 0.318 e. The summed E-state index contributed by atoms with van der Waals surface area (Å²) in [7, 11) is 0. The van der Waals surface area contributed by atoms with Crippen LogP contribution >= 0.6 is 11.8 Å². The van der Waals surface area contributed by atoms with Crippen LogP contribution in [0.1, 0.15) is 5.56 Å². The number of amides is 2. The number of halogens is 3. The highest BCUT2D eigenvalue weighted by atomic mass is 32.2. The third-order valence-corrected chi connectivity index (χ3v) is 3.74. The van der Waals surface area contributed by atoms with Crippen molar-refractivity contribution in [3.05, 3.63) is 54.1 Å². The molecule has 126 valence electrons. The van der Waals surface area contributed by atoms with Gasteiger partial charge in [-0.3, -0.25) is 9.59 Å². The molecular weight excluding hydrogens is 341 g/mol. The molecule has 0 unspecified atom stereocenters. The Morgan fingerprint density at radius 2 is 1.62 bits per heavy atom. The molecule has 2 aromatic rings. The van der Waals surface area contributed by atoms with Crippen LogP contribution in [0.4, 0.5) is 24.5 Å². The average molecular weight is 354 g/mol. The van der Waals surface area contributed by atoms with Crippen LogP contribution in [0.2, 0.25) is 0 Å². The molecule has 0 aromatic heterocycles. The maximum atomic E-state index is 12.9. The number of rotatable bonds is 3. The van der Waals surface area contributed by atoms with Crippen molar-refractivity contribution < 1.29 is 22.8 Å². The number of alkyl halides is 3. The molecule has 0 radical (unpaired) electrons. The second kappa shape index (κ2) is 7.39. The third kappa shape index (κ3) is 4.51. The van der Waals surface area contributed by atoms with Gasteiger partial charge >= 0.3 is 18.0 Å². The van der Waals surface area contributed by atoms with E-state index >= 15 is 0 Å². The second-order valence-corrected chi connectivity index (χ2v) is 5.56. The van der Waals surface area contributed by atoms with E-state index in [0.717, 1.165) is 17.0 Å². The summed E-state index contributed by atoms with van der Waals surface area (Å²) < 4.78 is 38.6. The van der Waals surface area contributed by atoms with E-state index in [-0.39, 0.29) is 0 Å². The lowest BCUT2D eigenvalue weighted by Crippen LogP contribution is -2.30. The molecule has 2 N–H and O–H groups in total. The molecule has 0 atom stereocenters. The lowest BCUT2D eigenvalue weighted by Gasteiger charge is -2.13. The van der Waals surface area contributed by atoms with Gasteiger partial charge in [0.15, 0.2) is 0 Å². The van der Waals surface area contributed by atoms with E-state index in [1.807, 2.05) is 17.6 Å². The molecular formula is C16H13F3N2O2S. The quantitative estimate of drug-likeness (QED) is 0.647. The summed E-state index contributed by atoms with van der Waals surface area (Å²) in [6.07, 6.45) is -2.78. The van der Waals surface area contributed by atoms with E-state index in [2.05, 4.69) is 5.32 Å². The lowest BCUT2D eigenvalue weighted by molar-refractivity contribution is -0.137. The SMILES string of the molecule is CSc1cccc(NC(=O)C(=O)Nc2ccccc2C(F)(F)F)c1. The first-order chi connectivity index (χ1) is 11.3. The van der Waals surface area contributed by atoms with Crippen molar-refractivity contribution in [1.82, 2.24) is 0 Å². The standard InChI is InChI=1S/C16H13F3N2O2S/c1-24-11-6-4-5-10(9-11)20-14(22)15(23)21-13-8-3-2-7-12(13)16(17,18)19/h2-9H,1H3,(H,20,22)(H,21,23). The minimum absolute atomic E-state index is 0.381. The van der Waals surface area contributed by atoms with E-state index in [1.165, 1.54) is 23.9 Å². The van der Waals surface area contributed by atoms with Crippen molar-refractivity contribution >= 4 is 35.0 Å². The first-order valence-corrected chi connectivity index (χ1v) is 7.96. The second-order valence-electron chi connectivity index (χ2n) is 4.68. The van der Waals surface area contributed by atoms with E-state index in [1.54, 1.807) is 18.2 Å². The molecule has 0 saturated heterocycles. The van der Waals surface area contributed by atoms with Gasteiger partial charge in [-0.25, -0.2) is 0 Å². The fourth-order valence-electron chi connectivity index (χ4n) is 1.91. The number of hydrogen-bond donors (Lipinski definition) is 2. The Kier molecular flexibility index (Phi) is 5.50. The summed E-state index contributed by atoms with van der Waals surface area (Å²) in [6, 6.07) is 11.2. The van der Waals surface area contributed by atoms with Crippen LogP contribution in [0.25, 0.3) is 0 Å². The zero-order chi connectivity index (χ0) is 17.7. The van der Waals surface area contributed by atoms with Crippen molar-refractivity contribution in [1.29, 1.82) is 0 Å². The zero-order valence-corrected chi connectivity index (χ0v) is 13.3. The van der Waals surface area contributed by atoms with Crippen molar-refractivity contribution in [2.75, 3.05) is 16.9 Å². The van der Waals surface area contributed by atoms with Crippen molar-refractivity contribution in [2.24, 2.45) is 0 Å². The number of carbonyl (C=O) groups is 2. The van der Waals surface area contributed by atoms with Crippen molar-refractivity contribution in [3.63, 3.8) is 0 Å². The molecule has 0 heterocycles. The molecule has 0 spiro atoms. The van der Waals surface area contributed by atoms with Crippen LogP contribution in [0.5, 0.6) is 0 Å². The highest BCUT2D eigenvalue weighted by molar-refractivity contribution is 7.98. The van der Waals surface area contributed by atoms with Crippen LogP contribution in [0.15, 0.2) is 53.4 Å².